The third-order valence-electron chi connectivity index (χ3n) is 8.20. The van der Waals surface area contributed by atoms with Crippen LogP contribution in [0.25, 0.3) is 5.00 Å². The topological polar surface area (TPSA) is 81.4 Å². The van der Waals surface area contributed by atoms with Crippen LogP contribution in [0.4, 0.5) is 0 Å². The number of carbonyl (C=O) groups excluding carboxylic acids is 1. The zero-order chi connectivity index (χ0) is 25.6. The van der Waals surface area contributed by atoms with Gasteiger partial charge in [-0.1, -0.05) is 48.0 Å². The third kappa shape index (κ3) is 3.20. The van der Waals surface area contributed by atoms with Crippen LogP contribution in [0.3, 0.4) is 0 Å². The van der Waals surface area contributed by atoms with Crippen molar-refractivity contribution in [3.05, 3.63) is 92.3 Å². The Kier molecular flexibility index (Phi) is 4.74. The minimum absolute atomic E-state index is 0.0668. The molecular formula is C29H24ClN5O2S. The molecule has 0 radical (unpaired) electrons. The molecule has 1 amide bonds. The molecule has 190 valence electrons. The smallest absolute Gasteiger partial charge is 0.224 e. The number of rotatable bonds is 3. The molecule has 7 nitrogen and oxygen atoms in total. The van der Waals surface area contributed by atoms with Crippen LogP contribution in [0.15, 0.2) is 53.5 Å². The summed E-state index contributed by atoms with van der Waals surface area (Å²) in [4.78, 5) is 20.1. The largest absolute Gasteiger partial charge is 0.491 e. The highest BCUT2D eigenvalue weighted by Gasteiger charge is 2.52. The van der Waals surface area contributed by atoms with Crippen LogP contribution >= 0.6 is 22.9 Å². The molecule has 2 aromatic carbocycles. The monoisotopic (exact) mass is 541 g/mol. The summed E-state index contributed by atoms with van der Waals surface area (Å²) >= 11 is 8.49. The second-order valence-electron chi connectivity index (χ2n) is 10.6. The van der Waals surface area contributed by atoms with E-state index in [4.69, 9.17) is 21.3 Å². The molecule has 1 N–H and O–H groups in total. The fraction of sp³-hybridized carbons (Fsp3) is 0.310. The summed E-state index contributed by atoms with van der Waals surface area (Å²) in [6.45, 7) is 2.47. The molecular weight excluding hydrogens is 518 g/mol. The number of thiophene rings is 1. The van der Waals surface area contributed by atoms with Gasteiger partial charge in [-0.25, -0.2) is 0 Å². The van der Waals surface area contributed by atoms with Crippen LogP contribution in [0.1, 0.15) is 57.7 Å². The van der Waals surface area contributed by atoms with Gasteiger partial charge in [0.25, 0.3) is 0 Å². The number of aryl methyl sites for hydroxylation is 1. The van der Waals surface area contributed by atoms with Crippen molar-refractivity contribution in [2.24, 2.45) is 10.9 Å². The van der Waals surface area contributed by atoms with Crippen LogP contribution in [-0.4, -0.2) is 33.0 Å². The van der Waals surface area contributed by atoms with E-state index in [-0.39, 0.29) is 23.4 Å². The number of nitrogens with zero attached hydrogens (tertiary/aromatic N) is 4. The summed E-state index contributed by atoms with van der Waals surface area (Å²) in [5.74, 6) is 2.55. The minimum atomic E-state index is -0.368. The number of halogens is 1. The number of amides is 1. The standard InChI is InChI=1S/C29H24ClN5O2S/c1-15-33-34-28-29(10-11-29)32-25(17-6-2-4-8-20(17)30)24-19-12-16(13-23(19)38-27(24)35(15)28)26(36)31-21-14-37-22-9-5-3-7-18(21)22/h2-9,16,21H,10-14H2,1H3,(H,31,36)/t16-,21?/m0/s1. The summed E-state index contributed by atoms with van der Waals surface area (Å²) < 4.78 is 7.99. The molecule has 1 saturated carbocycles. The van der Waals surface area contributed by atoms with Gasteiger partial charge in [0, 0.05) is 32.5 Å². The van der Waals surface area contributed by atoms with Gasteiger partial charge in [-0.2, -0.15) is 0 Å². The first-order valence-electron chi connectivity index (χ1n) is 13.0. The number of benzene rings is 2. The zero-order valence-electron chi connectivity index (χ0n) is 20.7. The maximum absolute atomic E-state index is 13.5. The van der Waals surface area contributed by atoms with Crippen molar-refractivity contribution >= 4 is 34.6 Å². The molecule has 2 aliphatic heterocycles. The number of carbonyl (C=O) groups is 1. The van der Waals surface area contributed by atoms with Gasteiger partial charge in [0.1, 0.15) is 28.7 Å². The Bertz CT molecular complexity index is 1680. The number of aliphatic imine (C=N–C) groups is 1. The van der Waals surface area contributed by atoms with Gasteiger partial charge in [-0.05, 0) is 50.3 Å². The molecule has 38 heavy (non-hydrogen) atoms. The van der Waals surface area contributed by atoms with Crippen molar-refractivity contribution in [1.29, 1.82) is 0 Å². The van der Waals surface area contributed by atoms with E-state index in [1.54, 1.807) is 11.3 Å². The highest BCUT2D eigenvalue weighted by molar-refractivity contribution is 7.15. The molecule has 1 spiro atoms. The number of aromatic nitrogens is 3. The van der Waals surface area contributed by atoms with E-state index in [0.29, 0.717) is 24.5 Å². The number of para-hydroxylation sites is 1. The Hall–Kier alpha value is -3.49. The lowest BCUT2D eigenvalue weighted by atomic mass is 9.97. The van der Waals surface area contributed by atoms with E-state index < -0.39 is 0 Å². The first-order valence-corrected chi connectivity index (χ1v) is 14.2. The molecule has 4 aliphatic rings. The van der Waals surface area contributed by atoms with Crippen LogP contribution in [-0.2, 0) is 23.2 Å². The van der Waals surface area contributed by atoms with E-state index in [2.05, 4.69) is 20.1 Å². The first-order chi connectivity index (χ1) is 18.5. The Balaban J connectivity index is 1.20. The van der Waals surface area contributed by atoms with Crippen LogP contribution in [0, 0.1) is 12.8 Å². The van der Waals surface area contributed by atoms with Crippen molar-refractivity contribution in [3.8, 4) is 10.8 Å². The molecule has 4 aromatic rings. The molecule has 0 bridgehead atoms. The molecule has 1 fully saturated rings. The summed E-state index contributed by atoms with van der Waals surface area (Å²) in [5, 5.41) is 14.0. The van der Waals surface area contributed by atoms with Crippen molar-refractivity contribution in [2.75, 3.05) is 6.61 Å². The normalized spacial score (nSPS) is 21.6. The number of fused-ring (bicyclic) bond motifs is 7. The van der Waals surface area contributed by atoms with Gasteiger partial charge >= 0.3 is 0 Å². The van der Waals surface area contributed by atoms with Crippen LogP contribution in [0.5, 0.6) is 5.75 Å². The molecule has 2 aliphatic carbocycles. The number of ether oxygens (including phenoxy) is 1. The van der Waals surface area contributed by atoms with Crippen LogP contribution < -0.4 is 10.1 Å². The summed E-state index contributed by atoms with van der Waals surface area (Å²) in [7, 11) is 0. The lowest BCUT2D eigenvalue weighted by Crippen LogP contribution is -2.35. The minimum Gasteiger partial charge on any atom is -0.491 e. The average molecular weight is 542 g/mol. The summed E-state index contributed by atoms with van der Waals surface area (Å²) in [5.41, 5.74) is 4.78. The van der Waals surface area contributed by atoms with Gasteiger partial charge in [0.15, 0.2) is 5.82 Å². The number of nitrogens with one attached hydrogen (secondary N) is 1. The molecule has 1 unspecified atom stereocenters. The molecule has 4 heterocycles. The fourth-order valence-corrected chi connectivity index (χ4v) is 7.79. The molecule has 8 rings (SSSR count). The predicted molar refractivity (Wildman–Crippen MR) is 146 cm³/mol. The van der Waals surface area contributed by atoms with Crippen molar-refractivity contribution in [2.45, 2.75) is 44.2 Å². The lowest BCUT2D eigenvalue weighted by molar-refractivity contribution is -0.125. The van der Waals surface area contributed by atoms with Gasteiger partial charge in [-0.3, -0.25) is 14.4 Å². The SMILES string of the molecule is Cc1nnc2n1-c1sc3c(c1C(c1ccccc1Cl)=NC21CC1)C[C@H](C(=O)NC1COc2ccccc21)C3. The predicted octanol–water partition coefficient (Wildman–Crippen LogP) is 5.10. The van der Waals surface area contributed by atoms with Gasteiger partial charge in [-0.15, -0.1) is 21.5 Å². The van der Waals surface area contributed by atoms with Gasteiger partial charge in [0.05, 0.1) is 11.8 Å². The van der Waals surface area contributed by atoms with Crippen molar-refractivity contribution < 1.29 is 9.53 Å². The maximum atomic E-state index is 13.5. The Labute approximate surface area is 228 Å². The van der Waals surface area contributed by atoms with E-state index in [0.717, 1.165) is 57.6 Å². The Morgan fingerprint density at radius 1 is 1.13 bits per heavy atom. The first kappa shape index (κ1) is 22.5. The second kappa shape index (κ2) is 8.01. The number of hydrogen-bond acceptors (Lipinski definition) is 6. The maximum Gasteiger partial charge on any atom is 0.224 e. The van der Waals surface area contributed by atoms with E-state index in [9.17, 15) is 4.79 Å². The van der Waals surface area contributed by atoms with E-state index in [1.165, 1.54) is 10.4 Å². The van der Waals surface area contributed by atoms with E-state index >= 15 is 0 Å². The highest BCUT2D eigenvalue weighted by atomic mass is 35.5. The fourth-order valence-electron chi connectivity index (χ4n) is 6.11. The van der Waals surface area contributed by atoms with Crippen molar-refractivity contribution in [3.63, 3.8) is 0 Å². The van der Waals surface area contributed by atoms with E-state index in [1.807, 2.05) is 55.5 Å². The third-order valence-corrected chi connectivity index (χ3v) is 9.77. The Morgan fingerprint density at radius 2 is 1.95 bits per heavy atom. The molecule has 9 heteroatoms. The van der Waals surface area contributed by atoms with Gasteiger partial charge < -0.3 is 10.1 Å². The van der Waals surface area contributed by atoms with Crippen LogP contribution in [0.2, 0.25) is 5.02 Å². The van der Waals surface area contributed by atoms with Crippen molar-refractivity contribution in [1.82, 2.24) is 20.1 Å². The lowest BCUT2D eigenvalue weighted by Gasteiger charge is -2.16. The molecule has 0 saturated heterocycles. The zero-order valence-corrected chi connectivity index (χ0v) is 22.3. The molecule has 2 atom stereocenters. The highest BCUT2D eigenvalue weighted by Crippen LogP contribution is 2.54. The number of hydrogen-bond donors (Lipinski definition) is 1. The Morgan fingerprint density at radius 3 is 2.79 bits per heavy atom. The van der Waals surface area contributed by atoms with Gasteiger partial charge in [0.2, 0.25) is 5.91 Å². The molecule has 2 aromatic heterocycles. The summed E-state index contributed by atoms with van der Waals surface area (Å²) in [6, 6.07) is 15.7. The second-order valence-corrected chi connectivity index (χ2v) is 12.1. The average Bonchev–Trinajstić information content (AvgIpc) is 3.21. The summed E-state index contributed by atoms with van der Waals surface area (Å²) in [6.07, 6.45) is 3.24. The quantitative estimate of drug-likeness (QED) is 0.391.